The van der Waals surface area contributed by atoms with E-state index in [-0.39, 0.29) is 17.0 Å². The first kappa shape index (κ1) is 16.4. The van der Waals surface area contributed by atoms with Crippen molar-refractivity contribution in [3.63, 3.8) is 0 Å². The molecule has 1 aromatic rings. The zero-order valence-corrected chi connectivity index (χ0v) is 13.7. The molecule has 0 aliphatic carbocycles. The van der Waals surface area contributed by atoms with E-state index < -0.39 is 5.82 Å². The van der Waals surface area contributed by atoms with Crippen LogP contribution in [-0.2, 0) is 4.79 Å². The van der Waals surface area contributed by atoms with Crippen LogP contribution >= 0.6 is 15.9 Å². The number of benzene rings is 1. The van der Waals surface area contributed by atoms with Gasteiger partial charge in [0.15, 0.2) is 0 Å². The second-order valence-corrected chi connectivity index (χ2v) is 6.88. The molecule has 1 heterocycles. The highest BCUT2D eigenvalue weighted by Gasteiger charge is 2.32. The molecular weight excluding hydrogens is 337 g/mol. The third kappa shape index (κ3) is 4.49. The van der Waals surface area contributed by atoms with E-state index in [9.17, 15) is 9.18 Å². The lowest BCUT2D eigenvalue weighted by Crippen LogP contribution is -2.32. The second kappa shape index (κ2) is 6.85. The zero-order chi connectivity index (χ0) is 15.5. The van der Waals surface area contributed by atoms with Crippen molar-refractivity contribution in [2.24, 2.45) is 11.1 Å². The topological polar surface area (TPSA) is 58.4 Å². The minimum absolute atomic E-state index is 0.161. The molecule has 1 atom stereocenters. The number of likely N-dealkylation sites (tertiary alicyclic amines) is 1. The van der Waals surface area contributed by atoms with Gasteiger partial charge in [0.1, 0.15) is 5.82 Å². The molecule has 1 aliphatic heterocycles. The molecule has 0 aromatic heterocycles. The van der Waals surface area contributed by atoms with E-state index in [1.807, 2.05) is 0 Å². The fourth-order valence-corrected chi connectivity index (χ4v) is 2.88. The fourth-order valence-electron chi connectivity index (χ4n) is 2.55. The normalized spacial score (nSPS) is 22.5. The molecular formula is C15H21BrFN3O. The van der Waals surface area contributed by atoms with E-state index in [2.05, 4.69) is 33.1 Å². The highest BCUT2D eigenvalue weighted by atomic mass is 79.9. The fraction of sp³-hybridized carbons (Fsp3) is 0.533. The van der Waals surface area contributed by atoms with Gasteiger partial charge < -0.3 is 16.0 Å². The number of nitrogens with one attached hydrogen (secondary N) is 1. The molecule has 21 heavy (non-hydrogen) atoms. The lowest BCUT2D eigenvalue weighted by atomic mass is 9.90. The Morgan fingerprint density at radius 1 is 1.57 bits per heavy atom. The van der Waals surface area contributed by atoms with Gasteiger partial charge in [0.2, 0.25) is 5.91 Å². The molecule has 1 aliphatic rings. The van der Waals surface area contributed by atoms with E-state index in [4.69, 9.17) is 5.73 Å². The van der Waals surface area contributed by atoms with E-state index in [0.717, 1.165) is 19.5 Å². The maximum absolute atomic E-state index is 13.6. The van der Waals surface area contributed by atoms with Crippen LogP contribution < -0.4 is 11.1 Å². The minimum atomic E-state index is -0.436. The zero-order valence-electron chi connectivity index (χ0n) is 12.2. The van der Waals surface area contributed by atoms with Crippen LogP contribution in [0, 0.1) is 11.2 Å². The molecule has 2 rings (SSSR count). The predicted octanol–water partition coefficient (Wildman–Crippen LogP) is 2.59. The summed E-state index contributed by atoms with van der Waals surface area (Å²) >= 11 is 3.19. The molecule has 0 spiro atoms. The Morgan fingerprint density at radius 2 is 2.33 bits per heavy atom. The number of amides is 1. The molecule has 1 saturated heterocycles. The van der Waals surface area contributed by atoms with Crippen molar-refractivity contribution in [2.75, 3.05) is 31.5 Å². The Labute approximate surface area is 133 Å². The van der Waals surface area contributed by atoms with Crippen molar-refractivity contribution in [1.29, 1.82) is 0 Å². The average molecular weight is 358 g/mol. The molecule has 1 aromatic carbocycles. The van der Waals surface area contributed by atoms with Gasteiger partial charge in [0.05, 0.1) is 5.69 Å². The Morgan fingerprint density at radius 3 is 2.95 bits per heavy atom. The van der Waals surface area contributed by atoms with Gasteiger partial charge in [0.25, 0.3) is 0 Å². The van der Waals surface area contributed by atoms with Crippen molar-refractivity contribution in [1.82, 2.24) is 4.90 Å². The quantitative estimate of drug-likeness (QED) is 0.851. The second-order valence-electron chi connectivity index (χ2n) is 5.96. The van der Waals surface area contributed by atoms with Gasteiger partial charge in [-0.15, -0.1) is 0 Å². The van der Waals surface area contributed by atoms with Crippen molar-refractivity contribution in [3.8, 4) is 0 Å². The predicted molar refractivity (Wildman–Crippen MR) is 85.6 cm³/mol. The summed E-state index contributed by atoms with van der Waals surface area (Å²) in [6.07, 6.45) is 1.42. The van der Waals surface area contributed by atoms with E-state index in [1.54, 1.807) is 12.1 Å². The summed E-state index contributed by atoms with van der Waals surface area (Å²) in [5.74, 6) is -0.604. The molecule has 0 saturated carbocycles. The molecule has 4 nitrogen and oxygen atoms in total. The summed E-state index contributed by atoms with van der Waals surface area (Å²) in [5.41, 5.74) is 6.15. The van der Waals surface area contributed by atoms with Crippen molar-refractivity contribution < 1.29 is 9.18 Å². The average Bonchev–Trinajstić information content (AvgIpc) is 2.82. The highest BCUT2D eigenvalue weighted by Crippen LogP contribution is 2.28. The maximum Gasteiger partial charge on any atom is 0.225 e. The summed E-state index contributed by atoms with van der Waals surface area (Å²) < 4.78 is 14.3. The van der Waals surface area contributed by atoms with Crippen LogP contribution in [0.15, 0.2) is 22.7 Å². The van der Waals surface area contributed by atoms with Gasteiger partial charge >= 0.3 is 0 Å². The van der Waals surface area contributed by atoms with Gasteiger partial charge in [-0.1, -0.05) is 22.9 Å². The number of carbonyl (C=O) groups excluding carboxylic acids is 1. The lowest BCUT2D eigenvalue weighted by Gasteiger charge is -2.22. The SMILES string of the molecule is CC1(CN)CCN(CCC(=O)Nc2ccc(Br)cc2F)C1. The summed E-state index contributed by atoms with van der Waals surface area (Å²) in [4.78, 5) is 14.1. The number of hydrogen-bond acceptors (Lipinski definition) is 3. The molecule has 1 fully saturated rings. The van der Waals surface area contributed by atoms with Gasteiger partial charge in [-0.3, -0.25) is 4.79 Å². The third-order valence-electron chi connectivity index (χ3n) is 3.99. The van der Waals surface area contributed by atoms with Gasteiger partial charge in [0, 0.05) is 24.0 Å². The highest BCUT2D eigenvalue weighted by molar-refractivity contribution is 9.10. The lowest BCUT2D eigenvalue weighted by molar-refractivity contribution is -0.116. The first-order chi connectivity index (χ1) is 9.92. The molecule has 116 valence electrons. The summed E-state index contributed by atoms with van der Waals surface area (Å²) in [6, 6.07) is 4.59. The van der Waals surface area contributed by atoms with Crippen LogP contribution in [0.2, 0.25) is 0 Å². The molecule has 1 amide bonds. The third-order valence-corrected chi connectivity index (χ3v) is 4.48. The van der Waals surface area contributed by atoms with Crippen molar-refractivity contribution >= 4 is 27.5 Å². The number of halogens is 2. The number of nitrogens with two attached hydrogens (primary N) is 1. The molecule has 0 radical (unpaired) electrons. The smallest absolute Gasteiger partial charge is 0.225 e. The van der Waals surface area contributed by atoms with Crippen molar-refractivity contribution in [3.05, 3.63) is 28.5 Å². The number of hydrogen-bond donors (Lipinski definition) is 2. The first-order valence-corrected chi connectivity index (χ1v) is 7.88. The van der Waals surface area contributed by atoms with Gasteiger partial charge in [-0.05, 0) is 43.1 Å². The minimum Gasteiger partial charge on any atom is -0.330 e. The van der Waals surface area contributed by atoms with Crippen LogP contribution in [0.4, 0.5) is 10.1 Å². The number of rotatable bonds is 5. The van der Waals surface area contributed by atoms with Crippen LogP contribution in [0.1, 0.15) is 19.8 Å². The largest absolute Gasteiger partial charge is 0.330 e. The summed E-state index contributed by atoms with van der Waals surface area (Å²) in [6.45, 7) is 5.40. The van der Waals surface area contributed by atoms with Crippen LogP contribution in [0.3, 0.4) is 0 Å². The summed E-state index contributed by atoms with van der Waals surface area (Å²) in [7, 11) is 0. The number of nitrogens with zero attached hydrogens (tertiary/aromatic N) is 1. The van der Waals surface area contributed by atoms with E-state index in [1.165, 1.54) is 6.07 Å². The number of anilines is 1. The molecule has 3 N–H and O–H groups in total. The Hall–Kier alpha value is -0.980. The van der Waals surface area contributed by atoms with Crippen LogP contribution in [0.25, 0.3) is 0 Å². The first-order valence-electron chi connectivity index (χ1n) is 7.09. The summed E-state index contributed by atoms with van der Waals surface area (Å²) in [5, 5.41) is 2.61. The standard InChI is InChI=1S/C15H21BrFN3O/c1-15(9-18)5-7-20(10-15)6-4-14(21)19-13-3-2-11(16)8-12(13)17/h2-3,8H,4-7,9-10,18H2,1H3,(H,19,21). The molecule has 1 unspecified atom stereocenters. The molecule has 0 bridgehead atoms. The van der Waals surface area contributed by atoms with Crippen LogP contribution in [0.5, 0.6) is 0 Å². The Kier molecular flexibility index (Phi) is 5.35. The van der Waals surface area contributed by atoms with E-state index in [0.29, 0.717) is 24.0 Å². The maximum atomic E-state index is 13.6. The van der Waals surface area contributed by atoms with Gasteiger partial charge in [-0.25, -0.2) is 4.39 Å². The van der Waals surface area contributed by atoms with Gasteiger partial charge in [-0.2, -0.15) is 0 Å². The Balaban J connectivity index is 1.80. The molecule has 6 heteroatoms. The Bertz CT molecular complexity index is 526. The van der Waals surface area contributed by atoms with Crippen molar-refractivity contribution in [2.45, 2.75) is 19.8 Å². The monoisotopic (exact) mass is 357 g/mol. The van der Waals surface area contributed by atoms with E-state index >= 15 is 0 Å². The van der Waals surface area contributed by atoms with Crippen LogP contribution in [-0.4, -0.2) is 37.0 Å². The number of carbonyl (C=O) groups is 1.